The minimum absolute atomic E-state index is 0.0683. The smallest absolute Gasteiger partial charge is 0.423 e. The van der Waals surface area contributed by atoms with Crippen LogP contribution in [0.1, 0.15) is 31.2 Å². The topological polar surface area (TPSA) is 113 Å². The molecule has 2 aromatic carbocycles. The second-order valence-electron chi connectivity index (χ2n) is 10.4. The molecule has 13 heteroatoms. The Morgan fingerprint density at radius 2 is 1.67 bits per heavy atom. The van der Waals surface area contributed by atoms with Gasteiger partial charge in [-0.15, -0.1) is 0 Å². The molecule has 1 saturated carbocycles. The van der Waals surface area contributed by atoms with E-state index in [1.807, 2.05) is 36.4 Å². The van der Waals surface area contributed by atoms with Crippen LogP contribution in [0.3, 0.4) is 0 Å². The summed E-state index contributed by atoms with van der Waals surface area (Å²) in [5.74, 6) is 0.637. The third kappa shape index (κ3) is 7.20. The number of halogens is 3. The molecule has 2 N–H and O–H groups in total. The number of alkyl halides is 3. The maximum atomic E-state index is 13.3. The van der Waals surface area contributed by atoms with Crippen molar-refractivity contribution in [1.29, 1.82) is 0 Å². The Hall–Kier alpha value is -4.55. The van der Waals surface area contributed by atoms with Crippen LogP contribution in [-0.2, 0) is 6.18 Å². The van der Waals surface area contributed by atoms with Gasteiger partial charge in [-0.3, -0.25) is 15.1 Å². The zero-order valence-corrected chi connectivity index (χ0v) is 22.7. The molecule has 2 heterocycles. The van der Waals surface area contributed by atoms with Crippen molar-refractivity contribution in [2.45, 2.75) is 44.0 Å². The zero-order valence-electron chi connectivity index (χ0n) is 22.7. The van der Waals surface area contributed by atoms with Crippen LogP contribution in [0.5, 0.6) is 5.75 Å². The van der Waals surface area contributed by atoms with Crippen molar-refractivity contribution in [3.63, 3.8) is 0 Å². The number of benzene rings is 2. The van der Waals surface area contributed by atoms with Gasteiger partial charge in [-0.05, 0) is 49.9 Å². The minimum Gasteiger partial charge on any atom is -0.489 e. The van der Waals surface area contributed by atoms with Crippen LogP contribution in [0.25, 0.3) is 0 Å². The summed E-state index contributed by atoms with van der Waals surface area (Å²) in [6.07, 6.45) is 1.26. The lowest BCUT2D eigenvalue weighted by molar-refractivity contribution is -0.388. The number of para-hydroxylation sites is 1. The first-order chi connectivity index (χ1) is 20.2. The maximum absolute atomic E-state index is 13.3. The summed E-state index contributed by atoms with van der Waals surface area (Å²) in [5.41, 5.74) is -0.364. The molecule has 0 radical (unpaired) electrons. The first-order valence-electron chi connectivity index (χ1n) is 13.8. The largest absolute Gasteiger partial charge is 0.489 e. The molecule has 2 fully saturated rings. The van der Waals surface area contributed by atoms with Gasteiger partial charge in [0.2, 0.25) is 0 Å². The summed E-state index contributed by atoms with van der Waals surface area (Å²) >= 11 is 0. The Labute approximate surface area is 240 Å². The number of piperazine rings is 1. The van der Waals surface area contributed by atoms with Crippen molar-refractivity contribution in [3.05, 3.63) is 82.7 Å². The quantitative estimate of drug-likeness (QED) is 0.252. The zero-order chi connectivity index (χ0) is 29.7. The molecule has 10 nitrogen and oxygen atoms in total. The van der Waals surface area contributed by atoms with Gasteiger partial charge in [-0.2, -0.15) is 13.2 Å². The number of aromatic nitrogens is 1. The van der Waals surface area contributed by atoms with Crippen molar-refractivity contribution in [3.8, 4) is 5.75 Å². The highest BCUT2D eigenvalue weighted by Gasteiger charge is 2.38. The molecule has 42 heavy (non-hydrogen) atoms. The number of urea groups is 1. The summed E-state index contributed by atoms with van der Waals surface area (Å²) in [6, 6.07) is 14.1. The Balaban J connectivity index is 1.10. The number of nitro groups is 1. The molecule has 2 amide bonds. The van der Waals surface area contributed by atoms with Crippen LogP contribution in [-0.4, -0.2) is 59.2 Å². The normalized spacial score (nSPS) is 19.2. The van der Waals surface area contributed by atoms with E-state index in [1.54, 1.807) is 17.3 Å². The Morgan fingerprint density at radius 3 is 2.33 bits per heavy atom. The van der Waals surface area contributed by atoms with Crippen molar-refractivity contribution >= 4 is 28.8 Å². The Bertz CT molecular complexity index is 1390. The fourth-order valence-corrected chi connectivity index (χ4v) is 5.30. The summed E-state index contributed by atoms with van der Waals surface area (Å²) in [7, 11) is 0. The van der Waals surface area contributed by atoms with E-state index >= 15 is 0 Å². The van der Waals surface area contributed by atoms with Gasteiger partial charge in [0.1, 0.15) is 11.3 Å². The average molecular weight is 585 g/mol. The van der Waals surface area contributed by atoms with Gasteiger partial charge in [0, 0.05) is 55.7 Å². The van der Waals surface area contributed by atoms with E-state index in [4.69, 9.17) is 4.74 Å². The third-order valence-corrected chi connectivity index (χ3v) is 7.50. The molecule has 222 valence electrons. The number of ether oxygens (including phenoxy) is 1. The number of amides is 2. The van der Waals surface area contributed by atoms with Gasteiger partial charge in [0.15, 0.2) is 0 Å². The molecular formula is C29H31F3N6O4. The fraction of sp³-hybridized carbons (Fsp3) is 0.379. The molecule has 5 rings (SSSR count). The molecule has 0 spiro atoms. The van der Waals surface area contributed by atoms with Crippen LogP contribution in [0, 0.1) is 10.1 Å². The molecule has 1 saturated heterocycles. The van der Waals surface area contributed by atoms with Gasteiger partial charge < -0.3 is 25.2 Å². The lowest BCUT2D eigenvalue weighted by Gasteiger charge is -2.36. The lowest BCUT2D eigenvalue weighted by atomic mass is 9.92. The molecule has 1 aliphatic carbocycles. The number of rotatable bonds is 7. The van der Waals surface area contributed by atoms with Gasteiger partial charge >= 0.3 is 12.2 Å². The number of nitro benzene ring substituents is 1. The van der Waals surface area contributed by atoms with Crippen LogP contribution >= 0.6 is 0 Å². The third-order valence-electron chi connectivity index (χ3n) is 7.50. The summed E-state index contributed by atoms with van der Waals surface area (Å²) in [6.45, 7) is 2.45. The molecule has 3 aromatic rings. The predicted molar refractivity (Wildman–Crippen MR) is 152 cm³/mol. The number of nitrogens with zero attached hydrogens (tertiary/aromatic N) is 4. The van der Waals surface area contributed by atoms with E-state index in [1.165, 1.54) is 6.07 Å². The monoisotopic (exact) mass is 584 g/mol. The number of carbonyl (C=O) groups is 1. The number of hydrogen-bond donors (Lipinski definition) is 2. The molecule has 2 aliphatic rings. The number of nitrogens with one attached hydrogen (secondary N) is 2. The fourth-order valence-electron chi connectivity index (χ4n) is 5.30. The van der Waals surface area contributed by atoms with E-state index in [-0.39, 0.29) is 23.9 Å². The van der Waals surface area contributed by atoms with E-state index in [0.717, 1.165) is 23.5 Å². The highest BCUT2D eigenvalue weighted by atomic mass is 19.4. The van der Waals surface area contributed by atoms with Crippen molar-refractivity contribution in [2.75, 3.05) is 41.7 Å². The average Bonchev–Trinajstić information content (AvgIpc) is 2.98. The van der Waals surface area contributed by atoms with Gasteiger partial charge in [-0.1, -0.05) is 18.2 Å². The van der Waals surface area contributed by atoms with Crippen LogP contribution in [0.15, 0.2) is 67.0 Å². The molecular weight excluding hydrogens is 553 g/mol. The molecule has 1 aliphatic heterocycles. The molecule has 0 unspecified atom stereocenters. The molecule has 0 bridgehead atoms. The summed E-state index contributed by atoms with van der Waals surface area (Å²) < 4.78 is 46.2. The van der Waals surface area contributed by atoms with E-state index in [2.05, 4.69) is 20.5 Å². The van der Waals surface area contributed by atoms with Crippen molar-refractivity contribution in [1.82, 2.24) is 9.88 Å². The number of pyridine rings is 1. The van der Waals surface area contributed by atoms with Gasteiger partial charge in [-0.25, -0.2) is 4.79 Å². The standard InChI is InChI=1S/C29H31F3N6O4/c30-29(31,32)26-16-22(8-11-27(26)38(40)41)34-21-6-9-24(10-7-21)42-25-17-23(18-33-19-25)36-12-14-37(15-13-36)28(39)35-20-4-2-1-3-5-20/h1-5,8,11,16-19,21,24,34H,6-7,9-10,12-15H2,(H,35,39)/t21-,24-. The van der Waals surface area contributed by atoms with E-state index in [9.17, 15) is 28.1 Å². The lowest BCUT2D eigenvalue weighted by Crippen LogP contribution is -2.50. The van der Waals surface area contributed by atoms with E-state index < -0.39 is 22.4 Å². The highest BCUT2D eigenvalue weighted by Crippen LogP contribution is 2.38. The first-order valence-corrected chi connectivity index (χ1v) is 13.8. The molecule has 1 aromatic heterocycles. The predicted octanol–water partition coefficient (Wildman–Crippen LogP) is 6.16. The SMILES string of the molecule is O=C(Nc1ccccc1)N1CCN(c2cncc(O[C@H]3CC[C@H](Nc4ccc([N+](=O)[O-])c(C(F)(F)F)c4)CC3)c2)CC1. The maximum Gasteiger partial charge on any atom is 0.423 e. The minimum atomic E-state index is -4.82. The van der Waals surface area contributed by atoms with Crippen LogP contribution in [0.2, 0.25) is 0 Å². The van der Waals surface area contributed by atoms with Crippen molar-refractivity contribution in [2.24, 2.45) is 0 Å². The van der Waals surface area contributed by atoms with Crippen LogP contribution < -0.4 is 20.3 Å². The van der Waals surface area contributed by atoms with E-state index in [0.29, 0.717) is 57.6 Å². The Morgan fingerprint density at radius 1 is 0.952 bits per heavy atom. The van der Waals surface area contributed by atoms with Gasteiger partial charge in [0.05, 0.1) is 29.1 Å². The number of carbonyl (C=O) groups excluding carboxylic acids is 1. The second-order valence-corrected chi connectivity index (χ2v) is 10.4. The number of anilines is 3. The highest BCUT2D eigenvalue weighted by molar-refractivity contribution is 5.89. The summed E-state index contributed by atoms with van der Waals surface area (Å²) in [4.78, 5) is 30.9. The number of hydrogen-bond acceptors (Lipinski definition) is 7. The van der Waals surface area contributed by atoms with Crippen LogP contribution in [0.4, 0.5) is 40.7 Å². The Kier molecular flexibility index (Phi) is 8.64. The summed E-state index contributed by atoms with van der Waals surface area (Å²) in [5, 5.41) is 17.0. The molecule has 0 atom stereocenters. The van der Waals surface area contributed by atoms with Crippen molar-refractivity contribution < 1.29 is 27.6 Å². The first kappa shape index (κ1) is 29.0. The second kappa shape index (κ2) is 12.5. The van der Waals surface area contributed by atoms with Gasteiger partial charge in [0.25, 0.3) is 5.69 Å².